The highest BCUT2D eigenvalue weighted by Gasteiger charge is 2.13. The fraction of sp³-hybridized carbons (Fsp3) is 0. The van der Waals surface area contributed by atoms with Crippen molar-refractivity contribution in [3.8, 4) is 11.3 Å². The minimum absolute atomic E-state index is 0.258. The van der Waals surface area contributed by atoms with Gasteiger partial charge in [0.1, 0.15) is 0 Å². The molecule has 21 heavy (non-hydrogen) atoms. The van der Waals surface area contributed by atoms with Crippen LogP contribution in [0.5, 0.6) is 0 Å². The van der Waals surface area contributed by atoms with Crippen molar-refractivity contribution in [2.24, 2.45) is 0 Å². The molecule has 1 heterocycles. The van der Waals surface area contributed by atoms with Crippen LogP contribution in [0.15, 0.2) is 60.0 Å². The van der Waals surface area contributed by atoms with E-state index in [0.29, 0.717) is 11.3 Å². The molecule has 0 fully saturated rings. The lowest BCUT2D eigenvalue weighted by Crippen LogP contribution is -1.99. The molecular weight excluding hydrogens is 284 g/mol. The number of hydrogen-bond acceptors (Lipinski definition) is 4. The summed E-state index contributed by atoms with van der Waals surface area (Å²) >= 11 is 1.44. The number of para-hydroxylation sites is 1. The van der Waals surface area contributed by atoms with Gasteiger partial charge in [0.25, 0.3) is 0 Å². The monoisotopic (exact) mass is 296 g/mol. The van der Waals surface area contributed by atoms with Crippen molar-refractivity contribution >= 4 is 28.1 Å². The molecule has 4 nitrogen and oxygen atoms in total. The molecule has 0 atom stereocenters. The van der Waals surface area contributed by atoms with Crippen LogP contribution in [0.25, 0.3) is 11.3 Å². The number of rotatable bonds is 4. The molecule has 1 aromatic heterocycles. The van der Waals surface area contributed by atoms with Crippen LogP contribution in [-0.2, 0) is 0 Å². The number of aromatic carboxylic acids is 1. The number of carboxylic acid groups (broad SMARTS) is 1. The SMILES string of the molecule is O=C(O)c1ccccc1-c1csc(Nc2ccccc2)n1. The van der Waals surface area contributed by atoms with Crippen LogP contribution in [0.4, 0.5) is 10.8 Å². The van der Waals surface area contributed by atoms with Gasteiger partial charge in [-0.25, -0.2) is 9.78 Å². The minimum Gasteiger partial charge on any atom is -0.478 e. The van der Waals surface area contributed by atoms with Crippen molar-refractivity contribution in [3.63, 3.8) is 0 Å². The van der Waals surface area contributed by atoms with Gasteiger partial charge >= 0.3 is 5.97 Å². The number of carboxylic acids is 1. The summed E-state index contributed by atoms with van der Waals surface area (Å²) in [5, 5.41) is 15.0. The largest absolute Gasteiger partial charge is 0.478 e. The molecule has 0 aliphatic carbocycles. The summed E-state index contributed by atoms with van der Waals surface area (Å²) in [5.74, 6) is -0.948. The molecule has 104 valence electrons. The maximum Gasteiger partial charge on any atom is 0.336 e. The maximum atomic E-state index is 11.3. The molecule has 3 rings (SSSR count). The Morgan fingerprint density at radius 1 is 1.05 bits per heavy atom. The van der Waals surface area contributed by atoms with E-state index >= 15 is 0 Å². The summed E-state index contributed by atoms with van der Waals surface area (Å²) in [7, 11) is 0. The van der Waals surface area contributed by atoms with Gasteiger partial charge in [0.15, 0.2) is 5.13 Å². The maximum absolute atomic E-state index is 11.3. The van der Waals surface area contributed by atoms with Gasteiger partial charge in [-0.05, 0) is 18.2 Å². The lowest BCUT2D eigenvalue weighted by atomic mass is 10.1. The first-order chi connectivity index (χ1) is 10.2. The first kappa shape index (κ1) is 13.3. The van der Waals surface area contributed by atoms with Crippen molar-refractivity contribution in [2.75, 3.05) is 5.32 Å². The first-order valence-electron chi connectivity index (χ1n) is 6.34. The topological polar surface area (TPSA) is 62.2 Å². The van der Waals surface area contributed by atoms with Crippen LogP contribution in [0.2, 0.25) is 0 Å². The third kappa shape index (κ3) is 2.93. The standard InChI is InChI=1S/C16H12N2O2S/c19-15(20)13-9-5-4-8-12(13)14-10-21-16(18-14)17-11-6-2-1-3-7-11/h1-10H,(H,17,18)(H,19,20). The van der Waals surface area contributed by atoms with Crippen molar-refractivity contribution < 1.29 is 9.90 Å². The lowest BCUT2D eigenvalue weighted by molar-refractivity contribution is 0.0697. The van der Waals surface area contributed by atoms with Crippen molar-refractivity contribution in [1.82, 2.24) is 4.98 Å². The quantitative estimate of drug-likeness (QED) is 0.755. The summed E-state index contributed by atoms with van der Waals surface area (Å²) in [6, 6.07) is 16.6. The Kier molecular flexibility index (Phi) is 3.66. The number of carbonyl (C=O) groups is 1. The predicted molar refractivity (Wildman–Crippen MR) is 84.2 cm³/mol. The van der Waals surface area contributed by atoms with Gasteiger partial charge in [-0.1, -0.05) is 36.4 Å². The number of anilines is 2. The van der Waals surface area contributed by atoms with Gasteiger partial charge in [0, 0.05) is 16.6 Å². The van der Waals surface area contributed by atoms with Crippen LogP contribution in [0, 0.1) is 0 Å². The summed E-state index contributed by atoms with van der Waals surface area (Å²) < 4.78 is 0. The Labute approximate surface area is 125 Å². The average molecular weight is 296 g/mol. The number of aromatic nitrogens is 1. The van der Waals surface area contributed by atoms with E-state index in [2.05, 4.69) is 10.3 Å². The molecule has 2 aromatic carbocycles. The second-order valence-corrected chi connectivity index (χ2v) is 5.24. The molecule has 0 saturated carbocycles. The zero-order chi connectivity index (χ0) is 14.7. The Hall–Kier alpha value is -2.66. The van der Waals surface area contributed by atoms with E-state index in [0.717, 1.165) is 10.8 Å². The van der Waals surface area contributed by atoms with Crippen LogP contribution in [0.3, 0.4) is 0 Å². The molecular formula is C16H12N2O2S. The van der Waals surface area contributed by atoms with Crippen LogP contribution >= 0.6 is 11.3 Å². The highest BCUT2D eigenvalue weighted by atomic mass is 32.1. The van der Waals surface area contributed by atoms with Gasteiger partial charge in [-0.2, -0.15) is 0 Å². The Balaban J connectivity index is 1.90. The first-order valence-corrected chi connectivity index (χ1v) is 7.22. The van der Waals surface area contributed by atoms with E-state index < -0.39 is 5.97 Å². The molecule has 5 heteroatoms. The summed E-state index contributed by atoms with van der Waals surface area (Å²) in [5.41, 5.74) is 2.50. The van der Waals surface area contributed by atoms with E-state index in [-0.39, 0.29) is 5.56 Å². The average Bonchev–Trinajstić information content (AvgIpc) is 2.96. The molecule has 0 aliphatic heterocycles. The highest BCUT2D eigenvalue weighted by Crippen LogP contribution is 2.29. The number of hydrogen-bond donors (Lipinski definition) is 2. The van der Waals surface area contributed by atoms with Gasteiger partial charge in [0.05, 0.1) is 11.3 Å². The predicted octanol–water partition coefficient (Wildman–Crippen LogP) is 4.25. The fourth-order valence-electron chi connectivity index (χ4n) is 1.99. The molecule has 2 N–H and O–H groups in total. The van der Waals surface area contributed by atoms with Crippen LogP contribution < -0.4 is 5.32 Å². The summed E-state index contributed by atoms with van der Waals surface area (Å²) in [6.07, 6.45) is 0. The molecule has 0 aliphatic rings. The molecule has 0 spiro atoms. The van der Waals surface area contributed by atoms with E-state index in [9.17, 15) is 9.90 Å². The molecule has 0 bridgehead atoms. The number of nitrogens with one attached hydrogen (secondary N) is 1. The van der Waals surface area contributed by atoms with E-state index in [1.54, 1.807) is 18.2 Å². The van der Waals surface area contributed by atoms with Crippen molar-refractivity contribution in [3.05, 3.63) is 65.5 Å². The van der Waals surface area contributed by atoms with Gasteiger partial charge in [0.2, 0.25) is 0 Å². The second-order valence-electron chi connectivity index (χ2n) is 4.38. The number of thiazole rings is 1. The van der Waals surface area contributed by atoms with Gasteiger partial charge in [-0.3, -0.25) is 0 Å². The number of benzene rings is 2. The molecule has 0 radical (unpaired) electrons. The van der Waals surface area contributed by atoms with Gasteiger partial charge < -0.3 is 10.4 Å². The summed E-state index contributed by atoms with van der Waals surface area (Å²) in [4.78, 5) is 15.7. The lowest BCUT2D eigenvalue weighted by Gasteiger charge is -2.03. The third-order valence-corrected chi connectivity index (χ3v) is 3.72. The third-order valence-electron chi connectivity index (χ3n) is 2.96. The summed E-state index contributed by atoms with van der Waals surface area (Å²) in [6.45, 7) is 0. The smallest absolute Gasteiger partial charge is 0.336 e. The van der Waals surface area contributed by atoms with Crippen molar-refractivity contribution in [2.45, 2.75) is 0 Å². The number of nitrogens with zero attached hydrogens (tertiary/aromatic N) is 1. The minimum atomic E-state index is -0.948. The molecule has 3 aromatic rings. The second kappa shape index (κ2) is 5.76. The Morgan fingerprint density at radius 3 is 2.52 bits per heavy atom. The molecule has 0 unspecified atom stereocenters. The molecule has 0 saturated heterocycles. The van der Waals surface area contributed by atoms with E-state index in [1.807, 2.05) is 41.8 Å². The normalized spacial score (nSPS) is 10.3. The zero-order valence-electron chi connectivity index (χ0n) is 11.0. The van der Waals surface area contributed by atoms with Crippen LogP contribution in [0.1, 0.15) is 10.4 Å². The highest BCUT2D eigenvalue weighted by molar-refractivity contribution is 7.14. The van der Waals surface area contributed by atoms with E-state index in [4.69, 9.17) is 0 Å². The van der Waals surface area contributed by atoms with Crippen molar-refractivity contribution in [1.29, 1.82) is 0 Å². The van der Waals surface area contributed by atoms with Crippen LogP contribution in [-0.4, -0.2) is 16.1 Å². The molecule has 0 amide bonds. The zero-order valence-corrected chi connectivity index (χ0v) is 11.8. The van der Waals surface area contributed by atoms with E-state index in [1.165, 1.54) is 11.3 Å². The van der Waals surface area contributed by atoms with Gasteiger partial charge in [-0.15, -0.1) is 11.3 Å². The Bertz CT molecular complexity index is 769. The Morgan fingerprint density at radius 2 is 1.76 bits per heavy atom. The fourth-order valence-corrected chi connectivity index (χ4v) is 2.72.